The number of likely N-dealkylation sites (tertiary alicyclic amines) is 1. The zero-order valence-corrected chi connectivity index (χ0v) is 15.9. The number of sulfonamides is 1. The molecular formula is C12H27IN4O2S. The number of hydrogen-bond donors (Lipinski definition) is 2. The van der Waals surface area contributed by atoms with Gasteiger partial charge in [0.1, 0.15) is 0 Å². The molecule has 1 saturated heterocycles. The molecule has 1 fully saturated rings. The van der Waals surface area contributed by atoms with Crippen LogP contribution in [0.25, 0.3) is 0 Å². The number of rotatable bonds is 5. The Kier molecular flexibility index (Phi) is 8.34. The van der Waals surface area contributed by atoms with E-state index >= 15 is 0 Å². The predicted molar refractivity (Wildman–Crippen MR) is 94.2 cm³/mol. The fourth-order valence-corrected chi connectivity index (χ4v) is 2.69. The van der Waals surface area contributed by atoms with Crippen LogP contribution in [-0.2, 0) is 10.0 Å². The molecule has 0 aromatic rings. The van der Waals surface area contributed by atoms with E-state index in [-0.39, 0.29) is 24.0 Å². The van der Waals surface area contributed by atoms with Gasteiger partial charge in [-0.1, -0.05) is 13.8 Å². The predicted octanol–water partition coefficient (Wildman–Crippen LogP) is 0.851. The smallest absolute Gasteiger partial charge is 0.208 e. The van der Waals surface area contributed by atoms with Crippen LogP contribution in [0, 0.1) is 5.41 Å². The molecule has 0 aliphatic carbocycles. The molecule has 0 radical (unpaired) electrons. The van der Waals surface area contributed by atoms with Crippen molar-refractivity contribution in [1.82, 2.24) is 14.9 Å². The van der Waals surface area contributed by atoms with E-state index in [2.05, 4.69) is 33.8 Å². The summed E-state index contributed by atoms with van der Waals surface area (Å²) in [7, 11) is -1.30. The zero-order valence-electron chi connectivity index (χ0n) is 12.8. The van der Waals surface area contributed by atoms with Gasteiger partial charge in [-0.3, -0.25) is 4.99 Å². The highest BCUT2D eigenvalue weighted by molar-refractivity contribution is 14.0. The maximum absolute atomic E-state index is 10.9. The van der Waals surface area contributed by atoms with Gasteiger partial charge in [-0.05, 0) is 18.3 Å². The summed E-state index contributed by atoms with van der Waals surface area (Å²) >= 11 is 0. The molecule has 8 heteroatoms. The third-order valence-corrected chi connectivity index (χ3v) is 3.92. The summed E-state index contributed by atoms with van der Waals surface area (Å²) in [5.74, 6) is 0.907. The molecule has 0 aromatic carbocycles. The largest absolute Gasteiger partial charge is 0.356 e. The number of guanidine groups is 1. The molecule has 0 unspecified atom stereocenters. The Bertz CT molecular complexity index is 423. The number of hydrogen-bond acceptors (Lipinski definition) is 3. The van der Waals surface area contributed by atoms with E-state index in [1.54, 1.807) is 7.05 Å². The number of nitrogens with one attached hydrogen (secondary N) is 2. The van der Waals surface area contributed by atoms with Crippen LogP contribution < -0.4 is 10.0 Å². The molecule has 0 saturated carbocycles. The maximum atomic E-state index is 10.9. The Hall–Kier alpha value is -0.0900. The van der Waals surface area contributed by atoms with Gasteiger partial charge in [0.2, 0.25) is 10.0 Å². The van der Waals surface area contributed by atoms with Gasteiger partial charge in [0, 0.05) is 33.2 Å². The highest BCUT2D eigenvalue weighted by Gasteiger charge is 2.30. The molecule has 0 atom stereocenters. The van der Waals surface area contributed by atoms with Crippen LogP contribution in [0.1, 0.15) is 26.7 Å². The summed E-state index contributed by atoms with van der Waals surface area (Å²) in [4.78, 5) is 6.53. The molecule has 6 nitrogen and oxygen atoms in total. The standard InChI is InChI=1S/C12H26N4O2S.HI/c1-12(2)6-9-16(10-12)11(13-3)14-7-5-8-15-19(4,17)18;/h15H,5-10H2,1-4H3,(H,13,14);1H. The Balaban J connectivity index is 0.00000361. The molecule has 20 heavy (non-hydrogen) atoms. The minimum absolute atomic E-state index is 0. The van der Waals surface area contributed by atoms with Gasteiger partial charge in [0.15, 0.2) is 5.96 Å². The highest BCUT2D eigenvalue weighted by Crippen LogP contribution is 2.28. The molecule has 2 N–H and O–H groups in total. The molecule has 120 valence electrons. The van der Waals surface area contributed by atoms with Crippen LogP contribution in [0.4, 0.5) is 0 Å². The van der Waals surface area contributed by atoms with Gasteiger partial charge in [-0.25, -0.2) is 13.1 Å². The second-order valence-electron chi connectivity index (χ2n) is 5.83. The lowest BCUT2D eigenvalue weighted by Crippen LogP contribution is -2.41. The van der Waals surface area contributed by atoms with Crippen LogP contribution in [0.15, 0.2) is 4.99 Å². The summed E-state index contributed by atoms with van der Waals surface area (Å²) in [6.07, 6.45) is 3.08. The first kappa shape index (κ1) is 19.9. The fourth-order valence-electron chi connectivity index (χ4n) is 2.17. The first-order valence-electron chi connectivity index (χ1n) is 6.64. The van der Waals surface area contributed by atoms with Gasteiger partial charge < -0.3 is 10.2 Å². The van der Waals surface area contributed by atoms with Crippen LogP contribution >= 0.6 is 24.0 Å². The number of halogens is 1. The quantitative estimate of drug-likeness (QED) is 0.301. The van der Waals surface area contributed by atoms with Crippen molar-refractivity contribution < 1.29 is 8.42 Å². The lowest BCUT2D eigenvalue weighted by molar-refractivity contribution is 0.370. The van der Waals surface area contributed by atoms with Crippen molar-refractivity contribution >= 4 is 40.0 Å². The molecule has 0 aromatic heterocycles. The zero-order chi connectivity index (χ0) is 14.5. The van der Waals surface area contributed by atoms with Gasteiger partial charge in [0.25, 0.3) is 0 Å². The topological polar surface area (TPSA) is 73.8 Å². The fraction of sp³-hybridized carbons (Fsp3) is 0.917. The molecule has 0 bridgehead atoms. The van der Waals surface area contributed by atoms with Crippen molar-refractivity contribution in [2.75, 3.05) is 39.5 Å². The first-order chi connectivity index (χ1) is 8.73. The van der Waals surface area contributed by atoms with Crippen molar-refractivity contribution in [2.24, 2.45) is 10.4 Å². The van der Waals surface area contributed by atoms with E-state index in [0.29, 0.717) is 18.5 Å². The molecule has 1 heterocycles. The molecule has 0 spiro atoms. The third kappa shape index (κ3) is 7.63. The second-order valence-corrected chi connectivity index (χ2v) is 7.66. The summed E-state index contributed by atoms with van der Waals surface area (Å²) in [5.41, 5.74) is 0.343. The number of aliphatic imine (C=N–C) groups is 1. The van der Waals surface area contributed by atoms with Crippen LogP contribution in [0.3, 0.4) is 0 Å². The molecule has 0 amide bonds. The van der Waals surface area contributed by atoms with Gasteiger partial charge in [-0.2, -0.15) is 0 Å². The van der Waals surface area contributed by atoms with Crippen LogP contribution in [0.2, 0.25) is 0 Å². The third-order valence-electron chi connectivity index (χ3n) is 3.19. The molecule has 1 aliphatic rings. The second kappa shape index (κ2) is 8.38. The number of nitrogens with zero attached hydrogens (tertiary/aromatic N) is 2. The summed E-state index contributed by atoms with van der Waals surface area (Å²) in [6, 6.07) is 0. The van der Waals surface area contributed by atoms with Crippen molar-refractivity contribution in [3.63, 3.8) is 0 Å². The van der Waals surface area contributed by atoms with Gasteiger partial charge in [-0.15, -0.1) is 24.0 Å². The van der Waals surface area contributed by atoms with E-state index < -0.39 is 10.0 Å². The van der Waals surface area contributed by atoms with Crippen molar-refractivity contribution in [3.8, 4) is 0 Å². The molecule has 1 aliphatic heterocycles. The van der Waals surface area contributed by atoms with Gasteiger partial charge in [0.05, 0.1) is 6.26 Å². The monoisotopic (exact) mass is 418 g/mol. The minimum atomic E-state index is -3.08. The van der Waals surface area contributed by atoms with Crippen LogP contribution in [0.5, 0.6) is 0 Å². The highest BCUT2D eigenvalue weighted by atomic mass is 127. The maximum Gasteiger partial charge on any atom is 0.208 e. The van der Waals surface area contributed by atoms with E-state index in [1.165, 1.54) is 12.7 Å². The van der Waals surface area contributed by atoms with E-state index in [1.807, 2.05) is 0 Å². The van der Waals surface area contributed by atoms with Gasteiger partial charge >= 0.3 is 0 Å². The summed E-state index contributed by atoms with van der Waals surface area (Å²) in [6.45, 7) is 7.72. The normalized spacial score (nSPS) is 18.8. The lowest BCUT2D eigenvalue weighted by Gasteiger charge is -2.23. The lowest BCUT2D eigenvalue weighted by atomic mass is 9.93. The Morgan fingerprint density at radius 3 is 2.45 bits per heavy atom. The summed E-state index contributed by atoms with van der Waals surface area (Å²) in [5, 5.41) is 3.28. The first-order valence-corrected chi connectivity index (χ1v) is 8.53. The van der Waals surface area contributed by atoms with Crippen molar-refractivity contribution in [3.05, 3.63) is 0 Å². The van der Waals surface area contributed by atoms with Crippen molar-refractivity contribution in [2.45, 2.75) is 26.7 Å². The van der Waals surface area contributed by atoms with E-state index in [9.17, 15) is 8.42 Å². The SMILES string of the molecule is CN=C(NCCCNS(C)(=O)=O)N1CCC(C)(C)C1.I. The van der Waals surface area contributed by atoms with E-state index in [4.69, 9.17) is 0 Å². The van der Waals surface area contributed by atoms with Crippen molar-refractivity contribution in [1.29, 1.82) is 0 Å². The summed E-state index contributed by atoms with van der Waals surface area (Å²) < 4.78 is 24.3. The molecule has 1 rings (SSSR count). The van der Waals surface area contributed by atoms with E-state index in [0.717, 1.165) is 25.5 Å². The van der Waals surface area contributed by atoms with Crippen LogP contribution in [-0.4, -0.2) is 58.8 Å². The average Bonchev–Trinajstić information content (AvgIpc) is 2.62. The molecular weight excluding hydrogens is 391 g/mol. The Morgan fingerprint density at radius 1 is 1.35 bits per heavy atom. The minimum Gasteiger partial charge on any atom is -0.356 e. The Labute approximate surface area is 139 Å². The average molecular weight is 418 g/mol. The Morgan fingerprint density at radius 2 is 2.00 bits per heavy atom.